The van der Waals surface area contributed by atoms with E-state index in [0.717, 1.165) is 19.4 Å². The van der Waals surface area contributed by atoms with E-state index in [2.05, 4.69) is 41.1 Å². The highest BCUT2D eigenvalue weighted by molar-refractivity contribution is 5.80. The molecule has 0 amide bonds. The van der Waals surface area contributed by atoms with E-state index in [9.17, 15) is 0 Å². The first-order valence-electron chi connectivity index (χ1n) is 6.75. The molecule has 2 N–H and O–H groups in total. The van der Waals surface area contributed by atoms with Crippen molar-refractivity contribution in [1.82, 2.24) is 4.57 Å². The standard InChI is InChI=1S/C16H21N3/c1-16(2,12-18)7-10-19-9-6-14-11-13(5-8-17)3-4-15(14)19/h3-4,6,9,11H,5,7-8,10,17H2,1-2H3. The molecule has 0 saturated heterocycles. The molecule has 1 aromatic carbocycles. The van der Waals surface area contributed by atoms with E-state index >= 15 is 0 Å². The lowest BCUT2D eigenvalue weighted by Gasteiger charge is -2.15. The van der Waals surface area contributed by atoms with Gasteiger partial charge >= 0.3 is 0 Å². The first-order valence-corrected chi connectivity index (χ1v) is 6.75. The predicted octanol–water partition coefficient (Wildman–Crippen LogP) is 3.08. The van der Waals surface area contributed by atoms with Crippen LogP contribution in [-0.4, -0.2) is 11.1 Å². The third-order valence-electron chi connectivity index (χ3n) is 3.55. The molecule has 0 bridgehead atoms. The second-order valence-electron chi connectivity index (χ2n) is 5.69. The van der Waals surface area contributed by atoms with Gasteiger partial charge < -0.3 is 10.3 Å². The molecule has 3 nitrogen and oxygen atoms in total. The van der Waals surface area contributed by atoms with Gasteiger partial charge in [-0.1, -0.05) is 6.07 Å². The van der Waals surface area contributed by atoms with Gasteiger partial charge in [0.25, 0.3) is 0 Å². The lowest BCUT2D eigenvalue weighted by molar-refractivity contribution is 0.417. The van der Waals surface area contributed by atoms with E-state index in [-0.39, 0.29) is 5.41 Å². The number of nitriles is 1. The highest BCUT2D eigenvalue weighted by Gasteiger charge is 2.16. The maximum Gasteiger partial charge on any atom is 0.0684 e. The number of aryl methyl sites for hydroxylation is 1. The summed E-state index contributed by atoms with van der Waals surface area (Å²) in [7, 11) is 0. The first kappa shape index (κ1) is 13.6. The van der Waals surface area contributed by atoms with Crippen LogP contribution in [0.4, 0.5) is 0 Å². The Hall–Kier alpha value is -1.79. The van der Waals surface area contributed by atoms with Gasteiger partial charge in [-0.05, 0) is 62.4 Å². The topological polar surface area (TPSA) is 54.7 Å². The molecule has 0 atom stereocenters. The van der Waals surface area contributed by atoms with Crippen LogP contribution >= 0.6 is 0 Å². The van der Waals surface area contributed by atoms with Crippen molar-refractivity contribution in [3.05, 3.63) is 36.0 Å². The summed E-state index contributed by atoms with van der Waals surface area (Å²) in [6.07, 6.45) is 3.88. The van der Waals surface area contributed by atoms with Crippen molar-refractivity contribution in [2.24, 2.45) is 11.1 Å². The quantitative estimate of drug-likeness (QED) is 0.892. The zero-order chi connectivity index (χ0) is 13.9. The Morgan fingerprint density at radius 3 is 2.79 bits per heavy atom. The molecule has 2 aromatic rings. The Balaban J connectivity index is 2.19. The largest absolute Gasteiger partial charge is 0.347 e. The van der Waals surface area contributed by atoms with Crippen LogP contribution in [0.5, 0.6) is 0 Å². The summed E-state index contributed by atoms with van der Waals surface area (Å²) in [6.45, 7) is 5.53. The second kappa shape index (κ2) is 5.46. The zero-order valence-corrected chi connectivity index (χ0v) is 11.7. The van der Waals surface area contributed by atoms with Crippen LogP contribution in [0.15, 0.2) is 30.5 Å². The molecule has 0 spiro atoms. The normalized spacial score (nSPS) is 11.7. The molecular weight excluding hydrogens is 234 g/mol. The smallest absolute Gasteiger partial charge is 0.0684 e. The molecule has 0 aliphatic heterocycles. The van der Waals surface area contributed by atoms with Crippen LogP contribution in [0.25, 0.3) is 10.9 Å². The third-order valence-corrected chi connectivity index (χ3v) is 3.55. The fraction of sp³-hybridized carbons (Fsp3) is 0.438. The van der Waals surface area contributed by atoms with Gasteiger partial charge in [-0.2, -0.15) is 5.26 Å². The molecule has 0 aliphatic carbocycles. The molecule has 0 aliphatic rings. The Morgan fingerprint density at radius 1 is 1.32 bits per heavy atom. The van der Waals surface area contributed by atoms with Gasteiger partial charge in [0, 0.05) is 18.3 Å². The van der Waals surface area contributed by atoms with E-state index < -0.39 is 0 Å². The third kappa shape index (κ3) is 3.15. The molecule has 19 heavy (non-hydrogen) atoms. The SMILES string of the molecule is CC(C)(C#N)CCn1ccc2cc(CCN)ccc21. The maximum absolute atomic E-state index is 9.06. The minimum Gasteiger partial charge on any atom is -0.347 e. The monoisotopic (exact) mass is 255 g/mol. The minimum atomic E-state index is -0.268. The highest BCUT2D eigenvalue weighted by Crippen LogP contribution is 2.23. The number of nitrogens with zero attached hydrogens (tertiary/aromatic N) is 2. The summed E-state index contributed by atoms with van der Waals surface area (Å²) in [6, 6.07) is 11.0. The van der Waals surface area contributed by atoms with Gasteiger partial charge in [0.15, 0.2) is 0 Å². The molecule has 100 valence electrons. The van der Waals surface area contributed by atoms with Crippen LogP contribution in [0.2, 0.25) is 0 Å². The lowest BCUT2D eigenvalue weighted by Crippen LogP contribution is -2.11. The highest BCUT2D eigenvalue weighted by atomic mass is 14.9. The molecule has 2 rings (SSSR count). The van der Waals surface area contributed by atoms with Gasteiger partial charge in [-0.3, -0.25) is 0 Å². The summed E-state index contributed by atoms with van der Waals surface area (Å²) in [4.78, 5) is 0. The van der Waals surface area contributed by atoms with Crippen LogP contribution in [0, 0.1) is 16.7 Å². The predicted molar refractivity (Wildman–Crippen MR) is 78.7 cm³/mol. The fourth-order valence-electron chi connectivity index (χ4n) is 2.22. The Morgan fingerprint density at radius 2 is 2.11 bits per heavy atom. The number of benzene rings is 1. The minimum absolute atomic E-state index is 0.268. The van der Waals surface area contributed by atoms with Gasteiger partial charge in [0.1, 0.15) is 0 Å². The van der Waals surface area contributed by atoms with Crippen LogP contribution in [-0.2, 0) is 13.0 Å². The van der Waals surface area contributed by atoms with Gasteiger partial charge in [0.2, 0.25) is 0 Å². The number of nitrogens with two attached hydrogens (primary N) is 1. The summed E-state index contributed by atoms with van der Waals surface area (Å²) in [5.41, 5.74) is 7.83. The van der Waals surface area contributed by atoms with Gasteiger partial charge in [-0.25, -0.2) is 0 Å². The summed E-state index contributed by atoms with van der Waals surface area (Å²) < 4.78 is 2.22. The molecule has 1 heterocycles. The van der Waals surface area contributed by atoms with Gasteiger partial charge in [0.05, 0.1) is 11.5 Å². The molecule has 3 heteroatoms. The van der Waals surface area contributed by atoms with Gasteiger partial charge in [-0.15, -0.1) is 0 Å². The fourth-order valence-corrected chi connectivity index (χ4v) is 2.22. The number of hydrogen-bond donors (Lipinski definition) is 1. The summed E-state index contributed by atoms with van der Waals surface area (Å²) in [5, 5.41) is 10.3. The van der Waals surface area contributed by atoms with Crippen LogP contribution in [0.3, 0.4) is 0 Å². The summed E-state index contributed by atoms with van der Waals surface area (Å²) in [5.74, 6) is 0. The average molecular weight is 255 g/mol. The van der Waals surface area contributed by atoms with E-state index in [1.807, 2.05) is 13.8 Å². The van der Waals surface area contributed by atoms with Crippen LogP contribution in [0.1, 0.15) is 25.8 Å². The number of fused-ring (bicyclic) bond motifs is 1. The average Bonchev–Trinajstić information content (AvgIpc) is 2.79. The molecule has 0 radical (unpaired) electrons. The molecular formula is C16H21N3. The van der Waals surface area contributed by atoms with Crippen molar-refractivity contribution in [3.8, 4) is 6.07 Å². The molecule has 0 fully saturated rings. The first-order chi connectivity index (χ1) is 9.05. The maximum atomic E-state index is 9.06. The van der Waals surface area contributed by atoms with Crippen molar-refractivity contribution in [2.75, 3.05) is 6.54 Å². The lowest BCUT2D eigenvalue weighted by atomic mass is 9.91. The van der Waals surface area contributed by atoms with Crippen molar-refractivity contribution in [2.45, 2.75) is 33.2 Å². The molecule has 0 saturated carbocycles. The second-order valence-corrected chi connectivity index (χ2v) is 5.69. The van der Waals surface area contributed by atoms with E-state index in [1.165, 1.54) is 16.5 Å². The molecule has 1 aromatic heterocycles. The summed E-state index contributed by atoms with van der Waals surface area (Å²) >= 11 is 0. The van der Waals surface area contributed by atoms with E-state index in [4.69, 9.17) is 11.0 Å². The van der Waals surface area contributed by atoms with Crippen LogP contribution < -0.4 is 5.73 Å². The van der Waals surface area contributed by atoms with E-state index in [0.29, 0.717) is 6.54 Å². The Kier molecular flexibility index (Phi) is 3.92. The number of aromatic nitrogens is 1. The van der Waals surface area contributed by atoms with Crippen molar-refractivity contribution < 1.29 is 0 Å². The van der Waals surface area contributed by atoms with Crippen molar-refractivity contribution >= 4 is 10.9 Å². The Labute approximate surface area is 114 Å². The number of hydrogen-bond acceptors (Lipinski definition) is 2. The van der Waals surface area contributed by atoms with E-state index in [1.54, 1.807) is 0 Å². The van der Waals surface area contributed by atoms with Crippen molar-refractivity contribution in [3.63, 3.8) is 0 Å². The molecule has 0 unspecified atom stereocenters. The zero-order valence-electron chi connectivity index (χ0n) is 11.7. The Bertz CT molecular complexity index is 602. The van der Waals surface area contributed by atoms with Crippen molar-refractivity contribution in [1.29, 1.82) is 5.26 Å². The number of rotatable bonds is 5.